The topological polar surface area (TPSA) is 99.3 Å². The summed E-state index contributed by atoms with van der Waals surface area (Å²) in [7, 11) is 1.70. The lowest BCUT2D eigenvalue weighted by atomic mass is 10.2. The third kappa shape index (κ3) is 8.66. The van der Waals surface area contributed by atoms with Crippen LogP contribution in [0.2, 0.25) is 0 Å². The van der Waals surface area contributed by atoms with Crippen LogP contribution in [-0.4, -0.2) is 47.9 Å². The number of amides is 1. The van der Waals surface area contributed by atoms with Gasteiger partial charge in [0.2, 0.25) is 11.1 Å². The molecule has 1 amide bonds. The first-order valence-electron chi connectivity index (χ1n) is 11.8. The molecule has 1 heterocycles. The van der Waals surface area contributed by atoms with E-state index in [1.807, 2.05) is 80.7 Å². The van der Waals surface area contributed by atoms with Gasteiger partial charge in [-0.15, -0.1) is 11.3 Å². The number of hydrogen-bond donors (Lipinski definition) is 1. The van der Waals surface area contributed by atoms with Gasteiger partial charge in [0, 0.05) is 24.7 Å². The maximum Gasteiger partial charge on any atom is 0.417 e. The Morgan fingerprint density at radius 3 is 2.56 bits per heavy atom. The first-order valence-corrected chi connectivity index (χ1v) is 12.7. The van der Waals surface area contributed by atoms with E-state index in [2.05, 4.69) is 9.98 Å². The molecule has 2 N–H and O–H groups in total. The molecule has 9 heteroatoms. The Morgan fingerprint density at radius 2 is 1.83 bits per heavy atom. The predicted molar refractivity (Wildman–Crippen MR) is 144 cm³/mol. The van der Waals surface area contributed by atoms with Crippen molar-refractivity contribution in [3.63, 3.8) is 0 Å². The molecule has 0 saturated carbocycles. The summed E-state index contributed by atoms with van der Waals surface area (Å²) in [5, 5.41) is 2.34. The maximum absolute atomic E-state index is 12.9. The molecule has 36 heavy (non-hydrogen) atoms. The van der Waals surface area contributed by atoms with E-state index in [-0.39, 0.29) is 12.5 Å². The summed E-state index contributed by atoms with van der Waals surface area (Å²) in [6.07, 6.45) is 1.30. The Bertz CT molecular complexity index is 1140. The van der Waals surface area contributed by atoms with Crippen molar-refractivity contribution in [1.82, 2.24) is 9.88 Å². The predicted octanol–water partition coefficient (Wildman–Crippen LogP) is 6.00. The summed E-state index contributed by atoms with van der Waals surface area (Å²) >= 11 is 1.34. The number of benzene rings is 2. The number of aliphatic imine (C=N–C) groups is 1. The van der Waals surface area contributed by atoms with Crippen molar-refractivity contribution < 1.29 is 19.0 Å². The molecular weight excluding hydrogens is 476 g/mol. The van der Waals surface area contributed by atoms with Crippen molar-refractivity contribution in [2.24, 2.45) is 10.7 Å². The highest BCUT2D eigenvalue weighted by atomic mass is 32.1. The highest BCUT2D eigenvalue weighted by molar-refractivity contribution is 7.13. The molecule has 192 valence electrons. The van der Waals surface area contributed by atoms with Crippen molar-refractivity contribution in [1.29, 1.82) is 0 Å². The first-order chi connectivity index (χ1) is 17.2. The van der Waals surface area contributed by atoms with Crippen LogP contribution in [0.3, 0.4) is 0 Å². The van der Waals surface area contributed by atoms with E-state index in [9.17, 15) is 4.79 Å². The van der Waals surface area contributed by atoms with Crippen molar-refractivity contribution in [2.75, 3.05) is 20.3 Å². The van der Waals surface area contributed by atoms with Gasteiger partial charge in [0.25, 0.3) is 0 Å². The van der Waals surface area contributed by atoms with Crippen molar-refractivity contribution >= 4 is 28.5 Å². The quantitative estimate of drug-likeness (QED) is 0.204. The van der Waals surface area contributed by atoms with E-state index < -0.39 is 11.7 Å². The highest BCUT2D eigenvalue weighted by Gasteiger charge is 2.25. The number of nitrogens with zero attached hydrogens (tertiary/aromatic N) is 3. The fraction of sp³-hybridized carbons (Fsp3) is 0.370. The van der Waals surface area contributed by atoms with Gasteiger partial charge in [0.15, 0.2) is 0 Å². The maximum atomic E-state index is 12.9. The monoisotopic (exact) mass is 510 g/mol. The van der Waals surface area contributed by atoms with E-state index in [0.29, 0.717) is 11.7 Å². The van der Waals surface area contributed by atoms with Crippen LogP contribution in [0, 0.1) is 0 Å². The first kappa shape index (κ1) is 27.2. The van der Waals surface area contributed by atoms with Gasteiger partial charge in [-0.25, -0.2) is 14.7 Å². The van der Waals surface area contributed by atoms with Crippen LogP contribution in [0.25, 0.3) is 11.3 Å². The van der Waals surface area contributed by atoms with E-state index >= 15 is 0 Å². The van der Waals surface area contributed by atoms with Crippen LogP contribution >= 0.6 is 11.3 Å². The van der Waals surface area contributed by atoms with Gasteiger partial charge in [-0.2, -0.15) is 4.99 Å². The van der Waals surface area contributed by atoms with Crippen LogP contribution in [0.1, 0.15) is 39.2 Å². The molecule has 8 nitrogen and oxygen atoms in total. The van der Waals surface area contributed by atoms with Crippen LogP contribution in [0.15, 0.2) is 65.0 Å². The number of thiazole rings is 1. The number of hydrogen-bond acceptors (Lipinski definition) is 7. The Labute approximate surface area is 216 Å². The minimum atomic E-state index is -0.669. The second kappa shape index (κ2) is 13.0. The Morgan fingerprint density at radius 1 is 1.08 bits per heavy atom. The molecule has 0 saturated heterocycles. The van der Waals surface area contributed by atoms with Gasteiger partial charge in [0.1, 0.15) is 11.4 Å². The molecule has 0 bridgehead atoms. The van der Waals surface area contributed by atoms with Crippen molar-refractivity contribution in [3.8, 4) is 17.0 Å². The lowest BCUT2D eigenvalue weighted by Crippen LogP contribution is -2.44. The van der Waals surface area contributed by atoms with Crippen LogP contribution in [0.5, 0.6) is 5.75 Å². The third-order valence-electron chi connectivity index (χ3n) is 4.92. The number of carbonyl (C=O) groups is 1. The summed E-state index contributed by atoms with van der Waals surface area (Å²) in [6, 6.07) is 17.3. The van der Waals surface area contributed by atoms with E-state index in [1.165, 1.54) is 16.2 Å². The van der Waals surface area contributed by atoms with Crippen LogP contribution in [-0.2, 0) is 16.0 Å². The Balaban J connectivity index is 1.75. The zero-order valence-electron chi connectivity index (χ0n) is 21.3. The summed E-state index contributed by atoms with van der Waals surface area (Å²) in [4.78, 5) is 23.3. The number of aromatic nitrogens is 1. The molecular formula is C27H34N4O4S. The number of unbranched alkanes of at least 4 members (excludes halogenated alkanes) is 1. The van der Waals surface area contributed by atoms with E-state index in [0.717, 1.165) is 42.0 Å². The van der Waals surface area contributed by atoms with Gasteiger partial charge in [-0.3, -0.25) is 0 Å². The average Bonchev–Trinajstić information content (AvgIpc) is 3.30. The lowest BCUT2D eigenvalue weighted by molar-refractivity contribution is 0.0357. The molecule has 0 atom stereocenters. The summed E-state index contributed by atoms with van der Waals surface area (Å²) in [6.45, 7) is 7.01. The van der Waals surface area contributed by atoms with Crippen LogP contribution < -0.4 is 10.5 Å². The molecule has 3 aromatic rings. The minimum Gasteiger partial charge on any atom is -0.494 e. The molecule has 3 rings (SSSR count). The Hall–Kier alpha value is -3.43. The largest absolute Gasteiger partial charge is 0.494 e. The SMILES string of the molecule is COCCCCOc1cccc(-c2csc(/N=C(\N)N(Cc3ccccc3)C(=O)OC(C)(C)C)n2)c1. The van der Waals surface area contributed by atoms with E-state index in [1.54, 1.807) is 7.11 Å². The van der Waals surface area contributed by atoms with Gasteiger partial charge < -0.3 is 19.9 Å². The lowest BCUT2D eigenvalue weighted by Gasteiger charge is -2.26. The second-order valence-corrected chi connectivity index (χ2v) is 9.95. The van der Waals surface area contributed by atoms with Gasteiger partial charge in [-0.05, 0) is 51.3 Å². The smallest absolute Gasteiger partial charge is 0.417 e. The normalized spacial score (nSPS) is 11.8. The molecule has 0 spiro atoms. The molecule has 1 aromatic heterocycles. The second-order valence-electron chi connectivity index (χ2n) is 9.11. The van der Waals surface area contributed by atoms with Gasteiger partial charge in [0.05, 0.1) is 18.8 Å². The van der Waals surface area contributed by atoms with Crippen LogP contribution in [0.4, 0.5) is 9.93 Å². The van der Waals surface area contributed by atoms with Crippen molar-refractivity contribution in [3.05, 3.63) is 65.5 Å². The standard InChI is InChI=1S/C27H34N4O4S/c1-27(2,3)35-26(32)31(18-20-11-6-5-7-12-20)24(28)30-25-29-23(19-36-25)21-13-10-14-22(17-21)34-16-9-8-15-33-4/h5-7,10-14,17,19H,8-9,15-16,18H2,1-4H3,(H2,28,29,30). The molecule has 0 aliphatic heterocycles. The number of ether oxygens (including phenoxy) is 3. The zero-order valence-corrected chi connectivity index (χ0v) is 22.1. The van der Waals surface area contributed by atoms with E-state index in [4.69, 9.17) is 19.9 Å². The summed E-state index contributed by atoms with van der Waals surface area (Å²) < 4.78 is 16.5. The van der Waals surface area contributed by atoms with Gasteiger partial charge >= 0.3 is 6.09 Å². The Kier molecular flexibility index (Phi) is 9.84. The average molecular weight is 511 g/mol. The fourth-order valence-electron chi connectivity index (χ4n) is 3.21. The molecule has 0 radical (unpaired) electrons. The number of carbonyl (C=O) groups excluding carboxylic acids is 1. The number of methoxy groups -OCH3 is 1. The van der Waals surface area contributed by atoms with Gasteiger partial charge in [-0.1, -0.05) is 42.5 Å². The summed E-state index contributed by atoms with van der Waals surface area (Å²) in [5.41, 5.74) is 8.19. The minimum absolute atomic E-state index is 0.0159. The number of guanidine groups is 1. The summed E-state index contributed by atoms with van der Waals surface area (Å²) in [5.74, 6) is 0.795. The fourth-order valence-corrected chi connectivity index (χ4v) is 3.92. The molecule has 2 aromatic carbocycles. The van der Waals surface area contributed by atoms with Crippen molar-refractivity contribution in [2.45, 2.75) is 45.8 Å². The number of nitrogens with two attached hydrogens (primary N) is 1. The zero-order chi connectivity index (χ0) is 26.0. The molecule has 0 unspecified atom stereocenters. The molecule has 0 fully saturated rings. The molecule has 0 aliphatic rings. The number of rotatable bonds is 10. The highest BCUT2D eigenvalue weighted by Crippen LogP contribution is 2.29. The third-order valence-corrected chi connectivity index (χ3v) is 5.65. The molecule has 0 aliphatic carbocycles.